The van der Waals surface area contributed by atoms with Crippen molar-refractivity contribution in [3.8, 4) is 0 Å². The van der Waals surface area contributed by atoms with E-state index in [4.69, 9.17) is 5.73 Å². The summed E-state index contributed by atoms with van der Waals surface area (Å²) < 4.78 is 1.32. The average Bonchev–Trinajstić information content (AvgIpc) is 2.82. The Labute approximate surface area is 105 Å². The SMILES string of the molecule is CCC(N)c1ccccc1Sc1cccs1. The van der Waals surface area contributed by atoms with Gasteiger partial charge in [0.25, 0.3) is 0 Å². The minimum atomic E-state index is 0.142. The summed E-state index contributed by atoms with van der Waals surface area (Å²) in [6, 6.07) is 12.8. The molecule has 0 aliphatic carbocycles. The molecule has 0 spiro atoms. The van der Waals surface area contributed by atoms with E-state index in [2.05, 4.69) is 48.7 Å². The van der Waals surface area contributed by atoms with Crippen molar-refractivity contribution in [1.29, 1.82) is 0 Å². The van der Waals surface area contributed by atoms with Gasteiger partial charge in [-0.15, -0.1) is 11.3 Å². The Balaban J connectivity index is 2.26. The Bertz CT molecular complexity index is 437. The Morgan fingerprint density at radius 3 is 2.75 bits per heavy atom. The van der Waals surface area contributed by atoms with Crippen molar-refractivity contribution in [3.63, 3.8) is 0 Å². The predicted octanol–water partition coefficient (Wildman–Crippen LogP) is 4.31. The summed E-state index contributed by atoms with van der Waals surface area (Å²) in [6.45, 7) is 2.12. The van der Waals surface area contributed by atoms with Crippen molar-refractivity contribution >= 4 is 23.1 Å². The first-order valence-corrected chi connectivity index (χ1v) is 7.06. The number of hydrogen-bond acceptors (Lipinski definition) is 3. The summed E-state index contributed by atoms with van der Waals surface area (Å²) in [4.78, 5) is 1.28. The van der Waals surface area contributed by atoms with Gasteiger partial charge in [0.2, 0.25) is 0 Å². The number of rotatable bonds is 4. The lowest BCUT2D eigenvalue weighted by Crippen LogP contribution is -2.09. The van der Waals surface area contributed by atoms with Gasteiger partial charge < -0.3 is 5.73 Å². The fourth-order valence-corrected chi connectivity index (χ4v) is 3.45. The second kappa shape index (κ2) is 5.53. The van der Waals surface area contributed by atoms with Gasteiger partial charge in [-0.3, -0.25) is 0 Å². The summed E-state index contributed by atoms with van der Waals surface area (Å²) in [6.07, 6.45) is 0.974. The Kier molecular flexibility index (Phi) is 4.04. The fourth-order valence-electron chi connectivity index (χ4n) is 1.53. The van der Waals surface area contributed by atoms with Crippen LogP contribution in [0.15, 0.2) is 50.9 Å². The molecule has 1 nitrogen and oxygen atoms in total. The van der Waals surface area contributed by atoms with Crippen LogP contribution in [0.3, 0.4) is 0 Å². The van der Waals surface area contributed by atoms with Gasteiger partial charge in [-0.1, -0.05) is 43.0 Å². The third kappa shape index (κ3) is 2.67. The lowest BCUT2D eigenvalue weighted by atomic mass is 10.1. The summed E-state index contributed by atoms with van der Waals surface area (Å²) in [7, 11) is 0. The van der Waals surface area contributed by atoms with Crippen molar-refractivity contribution in [1.82, 2.24) is 0 Å². The van der Waals surface area contributed by atoms with E-state index in [0.29, 0.717) is 0 Å². The lowest BCUT2D eigenvalue weighted by Gasteiger charge is -2.13. The average molecular weight is 249 g/mol. The highest BCUT2D eigenvalue weighted by Crippen LogP contribution is 2.35. The first-order valence-electron chi connectivity index (χ1n) is 5.37. The molecule has 2 rings (SSSR count). The van der Waals surface area contributed by atoms with Crippen molar-refractivity contribution in [2.45, 2.75) is 28.5 Å². The molecule has 0 radical (unpaired) electrons. The molecular formula is C13H15NS2. The number of thiophene rings is 1. The van der Waals surface area contributed by atoms with Crippen LogP contribution in [0.2, 0.25) is 0 Å². The molecule has 1 aromatic heterocycles. The van der Waals surface area contributed by atoms with Crippen LogP contribution in [-0.2, 0) is 0 Å². The summed E-state index contributed by atoms with van der Waals surface area (Å²) in [5.74, 6) is 0. The third-order valence-electron chi connectivity index (χ3n) is 2.46. The molecule has 1 heterocycles. The Morgan fingerprint density at radius 1 is 1.25 bits per heavy atom. The lowest BCUT2D eigenvalue weighted by molar-refractivity contribution is 0.686. The first kappa shape index (κ1) is 11.7. The molecule has 0 amide bonds. The highest BCUT2D eigenvalue weighted by Gasteiger charge is 2.09. The van der Waals surface area contributed by atoms with Crippen LogP contribution in [0.1, 0.15) is 24.9 Å². The topological polar surface area (TPSA) is 26.0 Å². The maximum absolute atomic E-state index is 6.11. The largest absolute Gasteiger partial charge is 0.324 e. The Hall–Kier alpha value is -0.770. The van der Waals surface area contributed by atoms with Crippen molar-refractivity contribution in [2.24, 2.45) is 5.73 Å². The maximum atomic E-state index is 6.11. The molecule has 0 saturated carbocycles. The molecule has 1 aromatic carbocycles. The molecule has 0 saturated heterocycles. The minimum absolute atomic E-state index is 0.142. The molecule has 0 aliphatic rings. The summed E-state index contributed by atoms with van der Waals surface area (Å²) in [5, 5.41) is 2.10. The van der Waals surface area contributed by atoms with Gasteiger partial charge in [-0.05, 0) is 29.5 Å². The maximum Gasteiger partial charge on any atom is 0.0646 e. The molecule has 1 unspecified atom stereocenters. The summed E-state index contributed by atoms with van der Waals surface area (Å²) >= 11 is 3.57. The molecule has 2 N–H and O–H groups in total. The molecule has 16 heavy (non-hydrogen) atoms. The van der Waals surface area contributed by atoms with Crippen LogP contribution < -0.4 is 5.73 Å². The van der Waals surface area contributed by atoms with E-state index in [1.54, 1.807) is 23.1 Å². The van der Waals surface area contributed by atoms with Gasteiger partial charge >= 0.3 is 0 Å². The Morgan fingerprint density at radius 2 is 2.06 bits per heavy atom. The van der Waals surface area contributed by atoms with E-state index in [1.165, 1.54) is 14.7 Å². The van der Waals surface area contributed by atoms with Crippen molar-refractivity contribution in [3.05, 3.63) is 47.3 Å². The van der Waals surface area contributed by atoms with Crippen LogP contribution in [-0.4, -0.2) is 0 Å². The normalized spacial score (nSPS) is 12.6. The van der Waals surface area contributed by atoms with Gasteiger partial charge in [0.15, 0.2) is 0 Å². The molecule has 0 fully saturated rings. The zero-order valence-electron chi connectivity index (χ0n) is 9.22. The van der Waals surface area contributed by atoms with Crippen molar-refractivity contribution in [2.75, 3.05) is 0 Å². The molecule has 84 valence electrons. The monoisotopic (exact) mass is 249 g/mol. The zero-order valence-corrected chi connectivity index (χ0v) is 10.9. The van der Waals surface area contributed by atoms with Crippen LogP contribution in [0.25, 0.3) is 0 Å². The highest BCUT2D eigenvalue weighted by atomic mass is 32.2. The molecular weight excluding hydrogens is 234 g/mol. The van der Waals surface area contributed by atoms with Gasteiger partial charge in [-0.2, -0.15) is 0 Å². The van der Waals surface area contributed by atoms with Gasteiger partial charge in [0.1, 0.15) is 0 Å². The second-order valence-electron chi connectivity index (χ2n) is 3.59. The zero-order chi connectivity index (χ0) is 11.4. The van der Waals surface area contributed by atoms with E-state index < -0.39 is 0 Å². The fraction of sp³-hybridized carbons (Fsp3) is 0.231. The minimum Gasteiger partial charge on any atom is -0.324 e. The quantitative estimate of drug-likeness (QED) is 0.873. The van der Waals surface area contributed by atoms with Gasteiger partial charge in [-0.25, -0.2) is 0 Å². The standard InChI is InChI=1S/C13H15NS2/c1-2-11(14)10-6-3-4-7-12(10)16-13-8-5-9-15-13/h3-9,11H,2,14H2,1H3. The van der Waals surface area contributed by atoms with Gasteiger partial charge in [0.05, 0.1) is 4.21 Å². The molecule has 1 atom stereocenters. The number of benzene rings is 1. The first-order chi connectivity index (χ1) is 7.81. The van der Waals surface area contributed by atoms with Crippen LogP contribution in [0.5, 0.6) is 0 Å². The van der Waals surface area contributed by atoms with E-state index in [1.807, 2.05) is 0 Å². The summed E-state index contributed by atoms with van der Waals surface area (Å²) in [5.41, 5.74) is 7.37. The molecule has 0 aliphatic heterocycles. The van der Waals surface area contributed by atoms with Crippen LogP contribution in [0, 0.1) is 0 Å². The van der Waals surface area contributed by atoms with Crippen LogP contribution >= 0.6 is 23.1 Å². The smallest absolute Gasteiger partial charge is 0.0646 e. The number of hydrogen-bond donors (Lipinski definition) is 1. The highest BCUT2D eigenvalue weighted by molar-refractivity contribution is 8.01. The molecule has 2 aromatic rings. The van der Waals surface area contributed by atoms with E-state index in [-0.39, 0.29) is 6.04 Å². The van der Waals surface area contributed by atoms with Crippen molar-refractivity contribution < 1.29 is 0 Å². The van der Waals surface area contributed by atoms with Crippen LogP contribution in [0.4, 0.5) is 0 Å². The third-order valence-corrected chi connectivity index (χ3v) is 4.59. The molecule has 3 heteroatoms. The second-order valence-corrected chi connectivity index (χ2v) is 5.88. The van der Waals surface area contributed by atoms with E-state index >= 15 is 0 Å². The predicted molar refractivity (Wildman–Crippen MR) is 72.1 cm³/mol. The molecule has 0 bridgehead atoms. The van der Waals surface area contributed by atoms with E-state index in [9.17, 15) is 0 Å². The van der Waals surface area contributed by atoms with Gasteiger partial charge in [0, 0.05) is 10.9 Å². The number of nitrogens with two attached hydrogens (primary N) is 1. The van der Waals surface area contributed by atoms with E-state index in [0.717, 1.165) is 6.42 Å².